The lowest BCUT2D eigenvalue weighted by molar-refractivity contribution is 0.0783. The average molecular weight is 305 g/mol. The van der Waals surface area contributed by atoms with Crippen molar-refractivity contribution in [3.8, 4) is 0 Å². The molecule has 3 rings (SSSR count). The maximum Gasteiger partial charge on any atom is 0.276 e. The van der Waals surface area contributed by atoms with E-state index in [1.807, 2.05) is 36.1 Å². The molecule has 1 atom stereocenters. The van der Waals surface area contributed by atoms with Crippen LogP contribution in [0.5, 0.6) is 0 Å². The number of aryl methyl sites for hydroxylation is 1. The first-order valence-electron chi connectivity index (χ1n) is 7.16. The third-order valence-corrected chi connectivity index (χ3v) is 4.33. The summed E-state index contributed by atoms with van der Waals surface area (Å²) in [5.74, 6) is 0.899. The fourth-order valence-electron chi connectivity index (χ4n) is 2.85. The molecule has 0 spiro atoms. The van der Waals surface area contributed by atoms with Crippen molar-refractivity contribution in [3.05, 3.63) is 52.7 Å². The van der Waals surface area contributed by atoms with Gasteiger partial charge in [0.15, 0.2) is 12.1 Å². The summed E-state index contributed by atoms with van der Waals surface area (Å²) in [5.41, 5.74) is 1.56. The van der Waals surface area contributed by atoms with Crippen LogP contribution < -0.4 is 0 Å². The van der Waals surface area contributed by atoms with Crippen molar-refractivity contribution >= 4 is 17.5 Å². The zero-order chi connectivity index (χ0) is 14.8. The van der Waals surface area contributed by atoms with Gasteiger partial charge in [-0.05, 0) is 18.1 Å². The van der Waals surface area contributed by atoms with Crippen LogP contribution in [-0.2, 0) is 6.42 Å². The second-order valence-electron chi connectivity index (χ2n) is 5.24. The van der Waals surface area contributed by atoms with Gasteiger partial charge < -0.3 is 9.32 Å². The van der Waals surface area contributed by atoms with E-state index in [-0.39, 0.29) is 5.91 Å². The molecular formula is C16H17ClN2O2. The lowest BCUT2D eigenvalue weighted by atomic mass is 9.98. The number of carbonyl (C=O) groups is 1. The fourth-order valence-corrected chi connectivity index (χ4v) is 3.14. The van der Waals surface area contributed by atoms with Gasteiger partial charge in [0.05, 0.1) is 0 Å². The molecule has 2 heterocycles. The van der Waals surface area contributed by atoms with Crippen molar-refractivity contribution in [2.24, 2.45) is 0 Å². The van der Waals surface area contributed by atoms with Gasteiger partial charge >= 0.3 is 0 Å². The second kappa shape index (κ2) is 5.90. The van der Waals surface area contributed by atoms with Crippen LogP contribution >= 0.6 is 11.6 Å². The topological polar surface area (TPSA) is 46.3 Å². The minimum absolute atomic E-state index is 0.0462. The summed E-state index contributed by atoms with van der Waals surface area (Å²) in [4.78, 5) is 18.4. The maximum atomic E-state index is 12.5. The fraction of sp³-hybridized carbons (Fsp3) is 0.375. The molecule has 1 aliphatic rings. The Kier molecular flexibility index (Phi) is 3.97. The molecule has 0 saturated carbocycles. The Morgan fingerprint density at radius 3 is 3.05 bits per heavy atom. The first-order chi connectivity index (χ1) is 10.2. The zero-order valence-corrected chi connectivity index (χ0v) is 12.6. The number of halogens is 1. The van der Waals surface area contributed by atoms with E-state index < -0.39 is 0 Å². The molecule has 1 aromatic heterocycles. The maximum absolute atomic E-state index is 12.5. The van der Waals surface area contributed by atoms with E-state index in [9.17, 15) is 4.79 Å². The first kappa shape index (κ1) is 14.1. The number of hydrogen-bond acceptors (Lipinski definition) is 3. The number of amides is 1. The number of benzene rings is 1. The number of aromatic nitrogens is 1. The monoisotopic (exact) mass is 304 g/mol. The highest BCUT2D eigenvalue weighted by atomic mass is 35.5. The summed E-state index contributed by atoms with van der Waals surface area (Å²) in [7, 11) is 0. The SMILES string of the molecule is CCc1ocnc1C(=O)N1CCC(c2ccccc2Cl)C1. The molecular weight excluding hydrogens is 288 g/mol. The molecule has 1 aromatic carbocycles. The third-order valence-electron chi connectivity index (χ3n) is 3.99. The third kappa shape index (κ3) is 2.68. The number of hydrogen-bond donors (Lipinski definition) is 0. The van der Waals surface area contributed by atoms with Crippen LogP contribution in [-0.4, -0.2) is 28.9 Å². The molecule has 5 heteroatoms. The van der Waals surface area contributed by atoms with Gasteiger partial charge in [-0.3, -0.25) is 4.79 Å². The first-order valence-corrected chi connectivity index (χ1v) is 7.54. The average Bonchev–Trinajstić information content (AvgIpc) is 3.16. The Hall–Kier alpha value is -1.81. The van der Waals surface area contributed by atoms with E-state index in [0.29, 0.717) is 30.3 Å². The molecule has 0 N–H and O–H groups in total. The largest absolute Gasteiger partial charge is 0.448 e. The summed E-state index contributed by atoms with van der Waals surface area (Å²) < 4.78 is 5.25. The van der Waals surface area contributed by atoms with Gasteiger partial charge in [0.25, 0.3) is 5.91 Å². The van der Waals surface area contributed by atoms with Crippen LogP contribution in [0.1, 0.15) is 41.1 Å². The highest BCUT2D eigenvalue weighted by molar-refractivity contribution is 6.31. The number of carbonyl (C=O) groups excluding carboxylic acids is 1. The molecule has 0 aliphatic carbocycles. The van der Waals surface area contributed by atoms with Crippen molar-refractivity contribution in [1.29, 1.82) is 0 Å². The zero-order valence-electron chi connectivity index (χ0n) is 11.9. The van der Waals surface area contributed by atoms with Crippen LogP contribution in [0.25, 0.3) is 0 Å². The summed E-state index contributed by atoms with van der Waals surface area (Å²) in [6, 6.07) is 7.84. The Labute approximate surface area is 128 Å². The van der Waals surface area contributed by atoms with E-state index in [1.54, 1.807) is 0 Å². The van der Waals surface area contributed by atoms with Crippen molar-refractivity contribution in [3.63, 3.8) is 0 Å². The van der Waals surface area contributed by atoms with Crippen LogP contribution in [0.4, 0.5) is 0 Å². The van der Waals surface area contributed by atoms with Crippen LogP contribution in [0.2, 0.25) is 5.02 Å². The van der Waals surface area contributed by atoms with Gasteiger partial charge in [0, 0.05) is 30.5 Å². The van der Waals surface area contributed by atoms with E-state index in [1.165, 1.54) is 6.39 Å². The molecule has 2 aromatic rings. The highest BCUT2D eigenvalue weighted by Gasteiger charge is 2.31. The molecule has 1 amide bonds. The molecule has 4 nitrogen and oxygen atoms in total. The lowest BCUT2D eigenvalue weighted by Gasteiger charge is -2.16. The Morgan fingerprint density at radius 1 is 1.48 bits per heavy atom. The van der Waals surface area contributed by atoms with Crippen molar-refractivity contribution in [2.45, 2.75) is 25.7 Å². The molecule has 110 valence electrons. The number of nitrogens with zero attached hydrogens (tertiary/aromatic N) is 2. The van der Waals surface area contributed by atoms with Gasteiger partial charge in [0.2, 0.25) is 0 Å². The Bertz CT molecular complexity index is 653. The Morgan fingerprint density at radius 2 is 2.29 bits per heavy atom. The van der Waals surface area contributed by atoms with Crippen molar-refractivity contribution < 1.29 is 9.21 Å². The minimum Gasteiger partial charge on any atom is -0.448 e. The highest BCUT2D eigenvalue weighted by Crippen LogP contribution is 2.32. The van der Waals surface area contributed by atoms with Crippen LogP contribution in [0, 0.1) is 0 Å². The summed E-state index contributed by atoms with van der Waals surface area (Å²) >= 11 is 6.25. The Balaban J connectivity index is 1.76. The van der Waals surface area contributed by atoms with E-state index in [4.69, 9.17) is 16.0 Å². The van der Waals surface area contributed by atoms with Crippen LogP contribution in [0.15, 0.2) is 35.1 Å². The molecule has 1 fully saturated rings. The standard InChI is InChI=1S/C16H17ClN2O2/c1-2-14-15(18-10-21-14)16(20)19-8-7-11(9-19)12-5-3-4-6-13(12)17/h3-6,10-11H,2,7-9H2,1H3. The van der Waals surface area contributed by atoms with Gasteiger partial charge in [-0.1, -0.05) is 36.7 Å². The predicted octanol–water partition coefficient (Wildman–Crippen LogP) is 3.52. The molecule has 21 heavy (non-hydrogen) atoms. The smallest absolute Gasteiger partial charge is 0.276 e. The summed E-state index contributed by atoms with van der Waals surface area (Å²) in [5, 5.41) is 0.771. The van der Waals surface area contributed by atoms with E-state index in [2.05, 4.69) is 4.98 Å². The number of rotatable bonds is 3. The minimum atomic E-state index is -0.0462. The molecule has 1 unspecified atom stereocenters. The van der Waals surface area contributed by atoms with Crippen LogP contribution in [0.3, 0.4) is 0 Å². The molecule has 1 aliphatic heterocycles. The molecule has 0 radical (unpaired) electrons. The lowest BCUT2D eigenvalue weighted by Crippen LogP contribution is -2.29. The molecule has 1 saturated heterocycles. The van der Waals surface area contributed by atoms with E-state index >= 15 is 0 Å². The van der Waals surface area contributed by atoms with Gasteiger partial charge in [0.1, 0.15) is 5.76 Å². The summed E-state index contributed by atoms with van der Waals surface area (Å²) in [6.07, 6.45) is 2.94. The van der Waals surface area contributed by atoms with Gasteiger partial charge in [-0.25, -0.2) is 4.98 Å². The number of oxazole rings is 1. The number of likely N-dealkylation sites (tertiary alicyclic amines) is 1. The van der Waals surface area contributed by atoms with Crippen molar-refractivity contribution in [1.82, 2.24) is 9.88 Å². The molecule has 0 bridgehead atoms. The van der Waals surface area contributed by atoms with Gasteiger partial charge in [-0.2, -0.15) is 0 Å². The quantitative estimate of drug-likeness (QED) is 0.871. The second-order valence-corrected chi connectivity index (χ2v) is 5.64. The van der Waals surface area contributed by atoms with Crippen molar-refractivity contribution in [2.75, 3.05) is 13.1 Å². The normalized spacial score (nSPS) is 18.2. The summed E-state index contributed by atoms with van der Waals surface area (Å²) in [6.45, 7) is 3.36. The predicted molar refractivity (Wildman–Crippen MR) is 80.6 cm³/mol. The van der Waals surface area contributed by atoms with E-state index in [0.717, 1.165) is 23.6 Å². The van der Waals surface area contributed by atoms with Gasteiger partial charge in [-0.15, -0.1) is 0 Å².